The van der Waals surface area contributed by atoms with Crippen LogP contribution in [0.1, 0.15) is 43.5 Å². The predicted octanol–water partition coefficient (Wildman–Crippen LogP) is 2.26. The molecule has 0 spiro atoms. The van der Waals surface area contributed by atoms with Gasteiger partial charge in [-0.2, -0.15) is 4.98 Å². The lowest BCUT2D eigenvalue weighted by Gasteiger charge is -2.16. The van der Waals surface area contributed by atoms with Gasteiger partial charge in [-0.1, -0.05) is 0 Å². The highest BCUT2D eigenvalue weighted by atomic mass is 16.5. The monoisotopic (exact) mass is 263 g/mol. The van der Waals surface area contributed by atoms with Crippen LogP contribution in [0, 0.1) is 6.92 Å². The Labute approximate surface area is 113 Å². The van der Waals surface area contributed by atoms with Crippen molar-refractivity contribution in [1.29, 1.82) is 0 Å². The van der Waals surface area contributed by atoms with Crippen molar-refractivity contribution in [2.75, 3.05) is 25.1 Å². The Balaban J connectivity index is 1.86. The van der Waals surface area contributed by atoms with E-state index in [1.807, 2.05) is 6.92 Å². The molecule has 1 aliphatic heterocycles. The first kappa shape index (κ1) is 12.7. The second-order valence-electron chi connectivity index (χ2n) is 5.27. The summed E-state index contributed by atoms with van der Waals surface area (Å²) in [4.78, 5) is 9.24. The zero-order chi connectivity index (χ0) is 13.2. The van der Waals surface area contributed by atoms with Crippen molar-refractivity contribution in [1.82, 2.24) is 9.97 Å². The number of nitrogens with zero attached hydrogens (tertiary/aromatic N) is 2. The van der Waals surface area contributed by atoms with Gasteiger partial charge >= 0.3 is 0 Å². The summed E-state index contributed by atoms with van der Waals surface area (Å²) in [5, 5.41) is 3.30. The number of hydrogen-bond acceptors (Lipinski definition) is 5. The smallest absolute Gasteiger partial charge is 0.222 e. The predicted molar refractivity (Wildman–Crippen MR) is 72.8 cm³/mol. The van der Waals surface area contributed by atoms with Gasteiger partial charge in [0.05, 0.1) is 18.8 Å². The third-order valence-electron chi connectivity index (χ3n) is 3.57. The fourth-order valence-electron chi connectivity index (χ4n) is 2.25. The summed E-state index contributed by atoms with van der Waals surface area (Å²) in [6.45, 7) is 6.39. The van der Waals surface area contributed by atoms with E-state index in [9.17, 15) is 0 Å². The van der Waals surface area contributed by atoms with Crippen LogP contribution in [0.2, 0.25) is 0 Å². The van der Waals surface area contributed by atoms with Gasteiger partial charge in [-0.25, -0.2) is 4.98 Å². The molecule has 19 heavy (non-hydrogen) atoms. The molecule has 1 aliphatic carbocycles. The molecule has 1 atom stereocenters. The normalized spacial score (nSPS) is 22.5. The second-order valence-corrected chi connectivity index (χ2v) is 5.27. The molecule has 2 fully saturated rings. The summed E-state index contributed by atoms with van der Waals surface area (Å²) in [5.74, 6) is 3.09. The largest absolute Gasteiger partial charge is 0.471 e. The Morgan fingerprint density at radius 2 is 2.16 bits per heavy atom. The fourth-order valence-corrected chi connectivity index (χ4v) is 2.25. The van der Waals surface area contributed by atoms with E-state index < -0.39 is 0 Å². The molecule has 1 unspecified atom stereocenters. The minimum atomic E-state index is 0.134. The SMILES string of the molecule is CCNc1nc(C2CC2)nc(OC2CCOC2)c1C. The van der Waals surface area contributed by atoms with Gasteiger partial charge in [0, 0.05) is 18.9 Å². The molecular weight excluding hydrogens is 242 g/mol. The van der Waals surface area contributed by atoms with Gasteiger partial charge in [0.25, 0.3) is 0 Å². The first-order chi connectivity index (χ1) is 9.28. The van der Waals surface area contributed by atoms with E-state index in [2.05, 4.69) is 22.2 Å². The highest BCUT2D eigenvalue weighted by Gasteiger charge is 2.29. The number of nitrogens with one attached hydrogen (secondary N) is 1. The lowest BCUT2D eigenvalue weighted by atomic mass is 10.2. The molecule has 1 aromatic heterocycles. The van der Waals surface area contributed by atoms with Crippen LogP contribution in [0.4, 0.5) is 5.82 Å². The van der Waals surface area contributed by atoms with E-state index in [4.69, 9.17) is 9.47 Å². The van der Waals surface area contributed by atoms with Crippen molar-refractivity contribution in [3.05, 3.63) is 11.4 Å². The van der Waals surface area contributed by atoms with Gasteiger partial charge in [0.15, 0.2) is 0 Å². The molecule has 5 heteroatoms. The van der Waals surface area contributed by atoms with Crippen molar-refractivity contribution in [3.63, 3.8) is 0 Å². The lowest BCUT2D eigenvalue weighted by molar-refractivity contribution is 0.137. The maximum Gasteiger partial charge on any atom is 0.222 e. The van der Waals surface area contributed by atoms with Crippen molar-refractivity contribution < 1.29 is 9.47 Å². The Bertz CT molecular complexity index is 454. The molecule has 0 aromatic carbocycles. The highest BCUT2D eigenvalue weighted by molar-refractivity contribution is 5.49. The minimum Gasteiger partial charge on any atom is -0.471 e. The molecule has 3 rings (SSSR count). The van der Waals surface area contributed by atoms with Crippen LogP contribution in [-0.2, 0) is 4.74 Å². The fraction of sp³-hybridized carbons (Fsp3) is 0.714. The Morgan fingerprint density at radius 3 is 2.79 bits per heavy atom. The van der Waals surface area contributed by atoms with Crippen molar-refractivity contribution in [3.8, 4) is 5.88 Å². The molecule has 0 amide bonds. The Morgan fingerprint density at radius 1 is 1.32 bits per heavy atom. The zero-order valence-electron chi connectivity index (χ0n) is 11.6. The quantitative estimate of drug-likeness (QED) is 0.883. The average molecular weight is 263 g/mol. The van der Waals surface area contributed by atoms with Gasteiger partial charge in [0.1, 0.15) is 17.7 Å². The van der Waals surface area contributed by atoms with Crippen LogP contribution >= 0.6 is 0 Å². The van der Waals surface area contributed by atoms with E-state index in [0.29, 0.717) is 12.5 Å². The second kappa shape index (κ2) is 5.33. The van der Waals surface area contributed by atoms with Crippen molar-refractivity contribution in [2.24, 2.45) is 0 Å². The molecule has 2 aliphatic rings. The third kappa shape index (κ3) is 2.81. The van der Waals surface area contributed by atoms with Gasteiger partial charge in [-0.15, -0.1) is 0 Å². The molecule has 1 saturated heterocycles. The molecule has 5 nitrogen and oxygen atoms in total. The number of rotatable bonds is 5. The third-order valence-corrected chi connectivity index (χ3v) is 3.57. The van der Waals surface area contributed by atoms with Crippen LogP contribution in [0.15, 0.2) is 0 Å². The summed E-state index contributed by atoms with van der Waals surface area (Å²) >= 11 is 0. The molecule has 104 valence electrons. The number of anilines is 1. The number of hydrogen-bond donors (Lipinski definition) is 1. The van der Waals surface area contributed by atoms with E-state index in [0.717, 1.165) is 42.7 Å². The Kier molecular flexibility index (Phi) is 3.55. The molecule has 0 bridgehead atoms. The van der Waals surface area contributed by atoms with E-state index in [-0.39, 0.29) is 6.10 Å². The van der Waals surface area contributed by atoms with E-state index >= 15 is 0 Å². The minimum absolute atomic E-state index is 0.134. The standard InChI is InChI=1S/C14H21N3O2/c1-3-15-12-9(2)14(19-11-6-7-18-8-11)17-13(16-12)10-4-5-10/h10-11H,3-8H2,1-2H3,(H,15,16,17). The summed E-state index contributed by atoms with van der Waals surface area (Å²) < 4.78 is 11.3. The molecule has 2 heterocycles. The summed E-state index contributed by atoms with van der Waals surface area (Å²) in [7, 11) is 0. The zero-order valence-corrected chi connectivity index (χ0v) is 11.6. The maximum absolute atomic E-state index is 6.00. The van der Waals surface area contributed by atoms with Gasteiger partial charge in [0.2, 0.25) is 5.88 Å². The molecule has 1 aromatic rings. The van der Waals surface area contributed by atoms with Crippen molar-refractivity contribution in [2.45, 2.75) is 45.1 Å². The van der Waals surface area contributed by atoms with E-state index in [1.54, 1.807) is 0 Å². The molecule has 0 radical (unpaired) electrons. The summed E-state index contributed by atoms with van der Waals surface area (Å²) in [6.07, 6.45) is 3.47. The highest BCUT2D eigenvalue weighted by Crippen LogP contribution is 2.40. The van der Waals surface area contributed by atoms with Crippen LogP contribution in [0.25, 0.3) is 0 Å². The summed E-state index contributed by atoms with van der Waals surface area (Å²) in [5.41, 5.74) is 0.998. The topological polar surface area (TPSA) is 56.3 Å². The van der Waals surface area contributed by atoms with Crippen molar-refractivity contribution >= 4 is 5.82 Å². The molecule has 1 saturated carbocycles. The van der Waals surface area contributed by atoms with Gasteiger partial charge in [-0.3, -0.25) is 0 Å². The van der Waals surface area contributed by atoms with Crippen LogP contribution < -0.4 is 10.1 Å². The summed E-state index contributed by atoms with van der Waals surface area (Å²) in [6, 6.07) is 0. The number of ether oxygens (including phenoxy) is 2. The lowest BCUT2D eigenvalue weighted by Crippen LogP contribution is -2.18. The van der Waals surface area contributed by atoms with Crippen LogP contribution in [0.5, 0.6) is 5.88 Å². The average Bonchev–Trinajstić information content (AvgIpc) is 3.13. The van der Waals surface area contributed by atoms with Gasteiger partial charge < -0.3 is 14.8 Å². The van der Waals surface area contributed by atoms with E-state index in [1.165, 1.54) is 12.8 Å². The maximum atomic E-state index is 6.00. The first-order valence-electron chi connectivity index (χ1n) is 7.14. The van der Waals surface area contributed by atoms with Crippen LogP contribution in [0.3, 0.4) is 0 Å². The molecule has 1 N–H and O–H groups in total. The molecular formula is C14H21N3O2. The number of aromatic nitrogens is 2. The van der Waals surface area contributed by atoms with Gasteiger partial charge in [-0.05, 0) is 26.7 Å². The Hall–Kier alpha value is -1.36. The van der Waals surface area contributed by atoms with Crippen LogP contribution in [-0.4, -0.2) is 35.8 Å². The first-order valence-corrected chi connectivity index (χ1v) is 7.14.